The predicted octanol–water partition coefficient (Wildman–Crippen LogP) is 7.36. The molecule has 0 bridgehead atoms. The van der Waals surface area contributed by atoms with Crippen molar-refractivity contribution in [3.8, 4) is 0 Å². The molecule has 1 aromatic rings. The maximum atomic E-state index is 7.51. The number of aryl methyl sites for hydroxylation is 2. The van der Waals surface area contributed by atoms with Gasteiger partial charge in [-0.3, -0.25) is 0 Å². The van der Waals surface area contributed by atoms with E-state index in [1.807, 2.05) is 0 Å². The number of hydrogen-bond acceptors (Lipinski definition) is 0. The summed E-state index contributed by atoms with van der Waals surface area (Å²) >= 11 is 2.34. The van der Waals surface area contributed by atoms with Crippen molar-refractivity contribution < 1.29 is 19.2 Å². The molecule has 0 amide bonds. The molecule has 2 rings (SSSR count). The van der Waals surface area contributed by atoms with Gasteiger partial charge in [-0.15, -0.1) is 6.04 Å². The van der Waals surface area contributed by atoms with E-state index in [2.05, 4.69) is 73.3 Å². The van der Waals surface area contributed by atoms with Gasteiger partial charge in [0.15, 0.2) is 0 Å². The van der Waals surface area contributed by atoms with Crippen LogP contribution in [0.25, 0.3) is 5.73 Å². The third-order valence-corrected chi connectivity index (χ3v) is 9.59. The Morgan fingerprint density at radius 3 is 1.75 bits per heavy atom. The van der Waals surface area contributed by atoms with E-state index in [0.29, 0.717) is 0 Å². The minimum Gasteiger partial charge on any atom is -0.675 e. The van der Waals surface area contributed by atoms with Crippen LogP contribution in [0.4, 0.5) is 0 Å². The van der Waals surface area contributed by atoms with Gasteiger partial charge < -0.3 is 5.73 Å². The van der Waals surface area contributed by atoms with Crippen LogP contribution in [0.2, 0.25) is 12.1 Å². The Morgan fingerprint density at radius 1 is 1.08 bits per heavy atom. The second-order valence-corrected chi connectivity index (χ2v) is 13.9. The molecular weight excluding hydrogens is 342 g/mol. The average Bonchev–Trinajstić information content (AvgIpc) is 2.71. The Morgan fingerprint density at radius 2 is 1.50 bits per heavy atom. The van der Waals surface area contributed by atoms with E-state index in [1.165, 1.54) is 54.4 Å². The molecule has 0 radical (unpaired) electrons. The zero-order valence-corrected chi connectivity index (χ0v) is 19.7. The number of hydrogen-bond donors (Lipinski definition) is 0. The Labute approximate surface area is 163 Å². The first-order valence-corrected chi connectivity index (χ1v) is 14.0. The molecule has 1 aliphatic carbocycles. The summed E-state index contributed by atoms with van der Waals surface area (Å²) in [5.41, 5.74) is 14.2. The molecule has 24 heavy (non-hydrogen) atoms. The average molecular weight is 382 g/mol. The van der Waals surface area contributed by atoms with Gasteiger partial charge in [0.25, 0.3) is 0 Å². The molecule has 0 saturated heterocycles. The van der Waals surface area contributed by atoms with Gasteiger partial charge in [-0.1, -0.05) is 72.6 Å². The first-order chi connectivity index (χ1) is 11.2. The molecule has 1 N–H and O–H groups in total. The Bertz CT molecular complexity index is 446. The standard InChI is InChI=1S/C9H13.C8H16N.C4H10Si.Ti/c1-6-5-7(2)9(4)8(6)3;9-8-6-4-2-1-3-5-7-8;1-4(2)5-3;/h5H,1-4H3;8-9H,1-7H2;4H,1-3H3;/q2*-1;;+2. The van der Waals surface area contributed by atoms with Crippen molar-refractivity contribution in [2.45, 2.75) is 105 Å². The van der Waals surface area contributed by atoms with E-state index < -0.39 is 0 Å². The number of rotatable bonds is 1. The van der Waals surface area contributed by atoms with Crippen LogP contribution in [-0.2, 0) is 19.2 Å². The summed E-state index contributed by atoms with van der Waals surface area (Å²) in [6.45, 7) is 15.6. The molecule has 0 aliphatic heterocycles. The summed E-state index contributed by atoms with van der Waals surface area (Å²) in [6, 6.07) is 2.51. The quantitative estimate of drug-likeness (QED) is 0.358. The van der Waals surface area contributed by atoms with Gasteiger partial charge in [0, 0.05) is 0 Å². The van der Waals surface area contributed by atoms with Crippen molar-refractivity contribution >= 4 is 6.19 Å². The molecule has 1 aromatic carbocycles. The maximum absolute atomic E-state index is 7.51. The van der Waals surface area contributed by atoms with E-state index >= 15 is 0 Å². The van der Waals surface area contributed by atoms with Crippen molar-refractivity contribution in [2.75, 3.05) is 0 Å². The zero-order valence-electron chi connectivity index (χ0n) is 17.2. The van der Waals surface area contributed by atoms with Crippen LogP contribution >= 0.6 is 0 Å². The summed E-state index contributed by atoms with van der Waals surface area (Å²) in [5.74, 6) is 0. The van der Waals surface area contributed by atoms with Crippen LogP contribution in [0.1, 0.15) is 81.0 Å². The summed E-state index contributed by atoms with van der Waals surface area (Å²) in [7, 11) is 0. The van der Waals surface area contributed by atoms with E-state index in [4.69, 9.17) is 5.73 Å². The van der Waals surface area contributed by atoms with Gasteiger partial charge in [-0.2, -0.15) is 28.3 Å². The third kappa shape index (κ3) is 11.0. The fourth-order valence-corrected chi connectivity index (χ4v) is 2.59. The first-order valence-electron chi connectivity index (χ1n) is 9.63. The van der Waals surface area contributed by atoms with Crippen LogP contribution in [0.5, 0.6) is 0 Å². The van der Waals surface area contributed by atoms with Crippen molar-refractivity contribution in [1.82, 2.24) is 0 Å². The molecule has 1 nitrogen and oxygen atoms in total. The van der Waals surface area contributed by atoms with Gasteiger partial charge in [0.1, 0.15) is 0 Å². The van der Waals surface area contributed by atoms with Gasteiger partial charge in [-0.05, 0) is 0 Å². The largest absolute Gasteiger partial charge is 0.675 e. The fraction of sp³-hybridized carbons (Fsp3) is 0.762. The second kappa shape index (κ2) is 13.4. The molecule has 0 unspecified atom stereocenters. The van der Waals surface area contributed by atoms with Gasteiger partial charge in [0.05, 0.1) is 0 Å². The summed E-state index contributed by atoms with van der Waals surface area (Å²) in [5, 5.41) is 0. The van der Waals surface area contributed by atoms with Crippen molar-refractivity contribution in [2.24, 2.45) is 0 Å². The second-order valence-electron chi connectivity index (χ2n) is 7.64. The molecular formula is C21H39NSiTi. The van der Waals surface area contributed by atoms with Crippen LogP contribution in [-0.4, -0.2) is 12.2 Å². The zero-order chi connectivity index (χ0) is 18.7. The Kier molecular flexibility index (Phi) is 13.6. The van der Waals surface area contributed by atoms with Crippen LogP contribution in [0.15, 0.2) is 6.07 Å². The molecule has 0 aromatic heterocycles. The van der Waals surface area contributed by atoms with Crippen molar-refractivity contribution in [1.29, 1.82) is 0 Å². The first kappa shape index (κ1) is 24.2. The van der Waals surface area contributed by atoms with Crippen LogP contribution in [0, 0.1) is 27.7 Å². The SMILES string of the molecule is CC(C)[Si](C)=[Ti+2].Cc1c[c-](C)c(C)c1C.[NH-]C1CCCCCCC1. The fourth-order valence-electron chi connectivity index (χ4n) is 2.59. The molecule has 3 heteroatoms. The monoisotopic (exact) mass is 381 g/mol. The van der Waals surface area contributed by atoms with E-state index in [-0.39, 0.29) is 12.2 Å². The van der Waals surface area contributed by atoms with Crippen molar-refractivity contribution in [3.63, 3.8) is 0 Å². The summed E-state index contributed by atoms with van der Waals surface area (Å²) in [4.78, 5) is 0. The molecule has 136 valence electrons. The maximum Gasteiger partial charge on any atom is -0.0533 e. The Hall–Kier alpha value is 0.241. The summed E-state index contributed by atoms with van der Waals surface area (Å²) in [6.07, 6.45) is 9.10. The Balaban J connectivity index is 0.000000340. The molecule has 1 aliphatic rings. The van der Waals surface area contributed by atoms with Gasteiger partial charge >= 0.3 is 51.3 Å². The number of nitrogens with one attached hydrogen (secondary N) is 1. The predicted molar refractivity (Wildman–Crippen MR) is 108 cm³/mol. The summed E-state index contributed by atoms with van der Waals surface area (Å²) < 4.78 is 0. The third-order valence-electron chi connectivity index (χ3n) is 5.15. The molecule has 0 heterocycles. The molecule has 0 spiro atoms. The van der Waals surface area contributed by atoms with E-state index in [1.54, 1.807) is 0 Å². The molecule has 1 fully saturated rings. The van der Waals surface area contributed by atoms with Gasteiger partial charge in [-0.25, -0.2) is 0 Å². The van der Waals surface area contributed by atoms with E-state index in [9.17, 15) is 0 Å². The topological polar surface area (TPSA) is 23.8 Å². The van der Waals surface area contributed by atoms with Gasteiger partial charge in [0.2, 0.25) is 0 Å². The minimum atomic E-state index is 0.0484. The van der Waals surface area contributed by atoms with Crippen LogP contribution in [0.3, 0.4) is 0 Å². The normalized spacial score (nSPS) is 15.6. The smallest absolute Gasteiger partial charge is 0.0533 e. The minimum absolute atomic E-state index is 0.0484. The molecule has 1 saturated carbocycles. The van der Waals surface area contributed by atoms with Crippen LogP contribution < -0.4 is 0 Å². The van der Waals surface area contributed by atoms with E-state index in [0.717, 1.165) is 18.4 Å². The molecule has 0 atom stereocenters. The van der Waals surface area contributed by atoms with Crippen molar-refractivity contribution in [3.05, 3.63) is 34.1 Å².